The molecule has 2 aromatic carbocycles. The van der Waals surface area contributed by atoms with Gasteiger partial charge in [0.15, 0.2) is 0 Å². The standard InChI is InChI=1S/C21H22F3N3O2/c1-25-15-20(21(22,23)24,13-16-8-4-3-5-9-16)26(2)14-18(25)12-17-10-6-7-11-19(17)27(28)29/h3-12H,13-15H2,1-2H3. The van der Waals surface area contributed by atoms with Crippen LogP contribution < -0.4 is 0 Å². The Bertz CT molecular complexity index is 915. The summed E-state index contributed by atoms with van der Waals surface area (Å²) in [4.78, 5) is 13.6. The molecule has 0 saturated carbocycles. The van der Waals surface area contributed by atoms with Gasteiger partial charge in [-0.05, 0) is 24.8 Å². The molecule has 1 atom stereocenters. The van der Waals surface area contributed by atoms with Crippen molar-refractivity contribution in [2.24, 2.45) is 0 Å². The summed E-state index contributed by atoms with van der Waals surface area (Å²) in [7, 11) is 3.05. The molecule has 0 amide bonds. The minimum absolute atomic E-state index is 0.0227. The van der Waals surface area contributed by atoms with Crippen molar-refractivity contribution in [1.29, 1.82) is 0 Å². The van der Waals surface area contributed by atoms with Crippen molar-refractivity contribution in [1.82, 2.24) is 9.80 Å². The van der Waals surface area contributed by atoms with E-state index in [1.807, 2.05) is 0 Å². The topological polar surface area (TPSA) is 49.6 Å². The van der Waals surface area contributed by atoms with Crippen molar-refractivity contribution in [3.8, 4) is 0 Å². The lowest BCUT2D eigenvalue weighted by atomic mass is 9.85. The second kappa shape index (κ2) is 7.87. The lowest BCUT2D eigenvalue weighted by molar-refractivity contribution is -0.385. The first-order chi connectivity index (χ1) is 13.6. The zero-order chi connectivity index (χ0) is 21.2. The second-order valence-electron chi connectivity index (χ2n) is 7.36. The molecule has 3 rings (SSSR count). The van der Waals surface area contributed by atoms with E-state index in [1.165, 1.54) is 18.0 Å². The monoisotopic (exact) mass is 405 g/mol. The summed E-state index contributed by atoms with van der Waals surface area (Å²) in [5.74, 6) is 0. The fourth-order valence-corrected chi connectivity index (χ4v) is 3.77. The molecule has 1 unspecified atom stereocenters. The fourth-order valence-electron chi connectivity index (χ4n) is 3.77. The van der Waals surface area contributed by atoms with Gasteiger partial charge in [-0.2, -0.15) is 13.2 Å². The Morgan fingerprint density at radius 1 is 1.10 bits per heavy atom. The molecule has 1 aliphatic rings. The maximum atomic E-state index is 14.3. The van der Waals surface area contributed by atoms with Gasteiger partial charge < -0.3 is 4.90 Å². The molecule has 1 saturated heterocycles. The third-order valence-electron chi connectivity index (χ3n) is 5.44. The quantitative estimate of drug-likeness (QED) is 0.560. The van der Waals surface area contributed by atoms with Crippen molar-refractivity contribution in [3.05, 3.63) is 81.5 Å². The first-order valence-electron chi connectivity index (χ1n) is 9.11. The van der Waals surface area contributed by atoms with E-state index < -0.39 is 16.6 Å². The van der Waals surface area contributed by atoms with Crippen LogP contribution >= 0.6 is 0 Å². The predicted molar refractivity (Wildman–Crippen MR) is 105 cm³/mol. The zero-order valence-corrected chi connectivity index (χ0v) is 16.2. The highest BCUT2D eigenvalue weighted by molar-refractivity contribution is 5.63. The maximum Gasteiger partial charge on any atom is 0.408 e. The first kappa shape index (κ1) is 20.9. The number of benzene rings is 2. The van der Waals surface area contributed by atoms with Gasteiger partial charge >= 0.3 is 6.18 Å². The van der Waals surface area contributed by atoms with Crippen LogP contribution in [-0.2, 0) is 6.42 Å². The molecule has 154 valence electrons. The zero-order valence-electron chi connectivity index (χ0n) is 16.2. The maximum absolute atomic E-state index is 14.3. The number of nitro groups is 1. The first-order valence-corrected chi connectivity index (χ1v) is 9.11. The van der Waals surface area contributed by atoms with E-state index in [4.69, 9.17) is 0 Å². The Hall–Kier alpha value is -2.87. The fraction of sp³-hybridized carbons (Fsp3) is 0.333. The SMILES string of the molecule is CN1CC(Cc2ccccc2)(C(F)(F)F)N(C)CC1=Cc1ccccc1[N+](=O)[O-]. The van der Waals surface area contributed by atoms with E-state index in [2.05, 4.69) is 0 Å². The van der Waals surface area contributed by atoms with Crippen molar-refractivity contribution in [2.75, 3.05) is 27.2 Å². The van der Waals surface area contributed by atoms with Crippen molar-refractivity contribution in [3.63, 3.8) is 0 Å². The number of nitro benzene ring substituents is 1. The second-order valence-corrected chi connectivity index (χ2v) is 7.36. The summed E-state index contributed by atoms with van der Waals surface area (Å²) in [5, 5.41) is 11.3. The molecule has 1 heterocycles. The van der Waals surface area contributed by atoms with Gasteiger partial charge in [-0.1, -0.05) is 42.5 Å². The molecule has 1 fully saturated rings. The number of nitrogens with zero attached hydrogens (tertiary/aromatic N) is 3. The normalized spacial score (nSPS) is 22.1. The molecule has 5 nitrogen and oxygen atoms in total. The van der Waals surface area contributed by atoms with Gasteiger partial charge in [0.2, 0.25) is 0 Å². The molecule has 0 aromatic heterocycles. The Morgan fingerprint density at radius 2 is 1.72 bits per heavy atom. The van der Waals surface area contributed by atoms with E-state index in [-0.39, 0.29) is 25.2 Å². The summed E-state index contributed by atoms with van der Waals surface area (Å²) in [5.41, 5.74) is -0.558. The minimum Gasteiger partial charge on any atom is -0.375 e. The summed E-state index contributed by atoms with van der Waals surface area (Å²) in [6, 6.07) is 14.8. The summed E-state index contributed by atoms with van der Waals surface area (Å²) in [6.07, 6.45) is -3.02. The van der Waals surface area contributed by atoms with Gasteiger partial charge in [-0.25, -0.2) is 0 Å². The van der Waals surface area contributed by atoms with Crippen LogP contribution in [0.2, 0.25) is 0 Å². The van der Waals surface area contributed by atoms with E-state index in [0.717, 1.165) is 0 Å². The highest BCUT2D eigenvalue weighted by Gasteiger charge is 2.59. The lowest BCUT2D eigenvalue weighted by Crippen LogP contribution is -2.67. The van der Waals surface area contributed by atoms with Crippen LogP contribution in [0.5, 0.6) is 0 Å². The number of halogens is 3. The van der Waals surface area contributed by atoms with Crippen LogP contribution in [0.25, 0.3) is 6.08 Å². The number of hydrogen-bond donors (Lipinski definition) is 0. The number of hydrogen-bond acceptors (Lipinski definition) is 4. The summed E-state index contributed by atoms with van der Waals surface area (Å²) < 4.78 is 42.8. The number of rotatable bonds is 4. The van der Waals surface area contributed by atoms with Crippen molar-refractivity contribution >= 4 is 11.8 Å². The lowest BCUT2D eigenvalue weighted by Gasteiger charge is -2.50. The molecule has 0 spiro atoms. The third kappa shape index (κ3) is 4.12. The highest BCUT2D eigenvalue weighted by atomic mass is 19.4. The van der Waals surface area contributed by atoms with E-state index in [9.17, 15) is 23.3 Å². The largest absolute Gasteiger partial charge is 0.408 e. The van der Waals surface area contributed by atoms with Gasteiger partial charge in [0.1, 0.15) is 5.54 Å². The van der Waals surface area contributed by atoms with Gasteiger partial charge in [0.05, 0.1) is 10.5 Å². The minimum atomic E-state index is -4.45. The van der Waals surface area contributed by atoms with Gasteiger partial charge in [0.25, 0.3) is 5.69 Å². The summed E-state index contributed by atoms with van der Waals surface area (Å²) >= 11 is 0. The van der Waals surface area contributed by atoms with E-state index >= 15 is 0 Å². The predicted octanol–water partition coefficient (Wildman–Crippen LogP) is 4.36. The Kier molecular flexibility index (Phi) is 5.66. The smallest absolute Gasteiger partial charge is 0.375 e. The van der Waals surface area contributed by atoms with E-state index in [0.29, 0.717) is 16.8 Å². The number of para-hydroxylation sites is 1. The molecule has 0 radical (unpaired) electrons. The van der Waals surface area contributed by atoms with Crippen molar-refractivity contribution in [2.45, 2.75) is 18.1 Å². The van der Waals surface area contributed by atoms with Crippen LogP contribution in [0.4, 0.5) is 18.9 Å². The van der Waals surface area contributed by atoms with Crippen LogP contribution in [0.15, 0.2) is 60.3 Å². The van der Waals surface area contributed by atoms with Gasteiger partial charge in [-0.3, -0.25) is 15.0 Å². The third-order valence-corrected chi connectivity index (χ3v) is 5.44. The Labute approximate surface area is 167 Å². The van der Waals surface area contributed by atoms with Gasteiger partial charge in [0, 0.05) is 38.3 Å². The Balaban J connectivity index is 1.96. The molecule has 2 aromatic rings. The molecule has 1 aliphatic heterocycles. The summed E-state index contributed by atoms with van der Waals surface area (Å²) in [6.45, 7) is -0.247. The number of likely N-dealkylation sites (N-methyl/N-ethyl adjacent to an activating group) is 2. The molecule has 29 heavy (non-hydrogen) atoms. The molecular formula is C21H22F3N3O2. The average molecular weight is 405 g/mol. The molecule has 0 aliphatic carbocycles. The molecule has 0 bridgehead atoms. The number of alkyl halides is 3. The Morgan fingerprint density at radius 3 is 2.34 bits per heavy atom. The van der Waals surface area contributed by atoms with Crippen LogP contribution in [0, 0.1) is 10.1 Å². The van der Waals surface area contributed by atoms with Gasteiger partial charge in [-0.15, -0.1) is 0 Å². The molecular weight excluding hydrogens is 383 g/mol. The van der Waals surface area contributed by atoms with Crippen LogP contribution in [0.3, 0.4) is 0 Å². The highest BCUT2D eigenvalue weighted by Crippen LogP contribution is 2.42. The van der Waals surface area contributed by atoms with Crippen LogP contribution in [-0.4, -0.2) is 53.6 Å². The molecule has 0 N–H and O–H groups in total. The van der Waals surface area contributed by atoms with Crippen LogP contribution in [0.1, 0.15) is 11.1 Å². The molecule has 8 heteroatoms. The van der Waals surface area contributed by atoms with E-state index in [1.54, 1.807) is 66.6 Å². The number of piperazine rings is 1. The van der Waals surface area contributed by atoms with Crippen molar-refractivity contribution < 1.29 is 18.1 Å². The average Bonchev–Trinajstić information content (AvgIpc) is 2.66.